The first kappa shape index (κ1) is 18.0. The van der Waals surface area contributed by atoms with Crippen LogP contribution >= 0.6 is 0 Å². The number of nitrogens with zero attached hydrogens (tertiary/aromatic N) is 2. The third-order valence-corrected chi connectivity index (χ3v) is 6.24. The number of piperidine rings is 1. The Morgan fingerprint density at radius 2 is 1.93 bits per heavy atom. The van der Waals surface area contributed by atoms with Gasteiger partial charge in [-0.1, -0.05) is 25.0 Å². The Kier molecular flexibility index (Phi) is 5.14. The zero-order valence-corrected chi connectivity index (χ0v) is 15.6. The molecule has 2 atom stereocenters. The molecular formula is C21H27N3O3. The molecule has 0 radical (unpaired) electrons. The Morgan fingerprint density at radius 3 is 2.67 bits per heavy atom. The van der Waals surface area contributed by atoms with Gasteiger partial charge in [-0.25, -0.2) is 4.98 Å². The number of H-pyrrole nitrogens is 1. The standard InChI is InChI=1S/C21H27N3O3/c25-20(26)12-15-9-10-24(21(27)14-5-1-2-6-14)13-16(15)11-19-22-17-7-3-4-8-18(17)23-19/h3-4,7-8,14-16H,1-2,5-6,9-13H2,(H,22,23)(H,25,26). The number of likely N-dealkylation sites (tertiary alicyclic amines) is 1. The van der Waals surface area contributed by atoms with Gasteiger partial charge in [-0.05, 0) is 43.2 Å². The Balaban J connectivity index is 1.50. The van der Waals surface area contributed by atoms with E-state index >= 15 is 0 Å². The summed E-state index contributed by atoms with van der Waals surface area (Å²) < 4.78 is 0. The van der Waals surface area contributed by atoms with Crippen molar-refractivity contribution in [2.24, 2.45) is 17.8 Å². The molecule has 1 amide bonds. The van der Waals surface area contributed by atoms with Crippen molar-refractivity contribution >= 4 is 22.9 Å². The maximum atomic E-state index is 12.9. The highest BCUT2D eigenvalue weighted by molar-refractivity contribution is 5.79. The smallest absolute Gasteiger partial charge is 0.303 e. The number of aromatic nitrogens is 2. The molecule has 1 aliphatic carbocycles. The number of fused-ring (bicyclic) bond motifs is 1. The summed E-state index contributed by atoms with van der Waals surface area (Å²) in [4.78, 5) is 34.2. The first-order chi connectivity index (χ1) is 13.1. The lowest BCUT2D eigenvalue weighted by atomic mass is 9.80. The van der Waals surface area contributed by atoms with Gasteiger partial charge in [-0.3, -0.25) is 9.59 Å². The van der Waals surface area contributed by atoms with Crippen LogP contribution in [-0.2, 0) is 16.0 Å². The molecule has 2 aliphatic rings. The largest absolute Gasteiger partial charge is 0.481 e. The molecule has 1 aliphatic heterocycles. The molecule has 2 fully saturated rings. The number of aliphatic carboxylic acids is 1. The number of carboxylic acids is 1. The number of amides is 1. The molecule has 1 saturated carbocycles. The number of hydrogen-bond donors (Lipinski definition) is 2. The van der Waals surface area contributed by atoms with Gasteiger partial charge in [0.1, 0.15) is 5.82 Å². The molecule has 144 valence electrons. The molecule has 1 saturated heterocycles. The summed E-state index contributed by atoms with van der Waals surface area (Å²) in [6.45, 7) is 1.33. The molecule has 6 nitrogen and oxygen atoms in total. The van der Waals surface area contributed by atoms with Crippen molar-refractivity contribution in [3.05, 3.63) is 30.1 Å². The van der Waals surface area contributed by atoms with E-state index in [1.807, 2.05) is 29.2 Å². The fourth-order valence-corrected chi connectivity index (χ4v) is 4.79. The average molecular weight is 369 g/mol. The van der Waals surface area contributed by atoms with E-state index < -0.39 is 5.97 Å². The Labute approximate surface area is 159 Å². The fourth-order valence-electron chi connectivity index (χ4n) is 4.79. The van der Waals surface area contributed by atoms with Crippen LogP contribution in [0.1, 0.15) is 44.3 Å². The van der Waals surface area contributed by atoms with E-state index in [0.29, 0.717) is 19.5 Å². The molecule has 0 bridgehead atoms. The molecule has 2 aromatic rings. The maximum absolute atomic E-state index is 12.9. The Morgan fingerprint density at radius 1 is 1.15 bits per heavy atom. The molecule has 4 rings (SSSR count). The van der Waals surface area contributed by atoms with Gasteiger partial charge in [-0.15, -0.1) is 0 Å². The lowest BCUT2D eigenvalue weighted by Crippen LogP contribution is -2.46. The van der Waals surface area contributed by atoms with Gasteiger partial charge < -0.3 is 15.0 Å². The number of rotatable bonds is 5. The number of nitrogens with one attached hydrogen (secondary N) is 1. The minimum Gasteiger partial charge on any atom is -0.481 e. The molecule has 1 aromatic carbocycles. The average Bonchev–Trinajstić information content (AvgIpc) is 3.31. The lowest BCUT2D eigenvalue weighted by molar-refractivity contribution is -0.141. The number of para-hydroxylation sites is 2. The maximum Gasteiger partial charge on any atom is 0.303 e. The zero-order valence-electron chi connectivity index (χ0n) is 15.6. The van der Waals surface area contributed by atoms with Gasteiger partial charge in [0.2, 0.25) is 5.91 Å². The van der Waals surface area contributed by atoms with Gasteiger partial charge in [-0.2, -0.15) is 0 Å². The Hall–Kier alpha value is -2.37. The molecular weight excluding hydrogens is 342 g/mol. The van der Waals surface area contributed by atoms with Crippen LogP contribution in [0.3, 0.4) is 0 Å². The van der Waals surface area contributed by atoms with Crippen molar-refractivity contribution in [2.45, 2.75) is 44.9 Å². The summed E-state index contributed by atoms with van der Waals surface area (Å²) in [6, 6.07) is 7.90. The van der Waals surface area contributed by atoms with Crippen LogP contribution in [-0.4, -0.2) is 44.9 Å². The summed E-state index contributed by atoms with van der Waals surface area (Å²) in [5, 5.41) is 9.31. The monoisotopic (exact) mass is 369 g/mol. The van der Waals surface area contributed by atoms with E-state index in [9.17, 15) is 14.7 Å². The van der Waals surface area contributed by atoms with Crippen molar-refractivity contribution in [2.75, 3.05) is 13.1 Å². The molecule has 1 aromatic heterocycles. The fraction of sp³-hybridized carbons (Fsp3) is 0.571. The van der Waals surface area contributed by atoms with Crippen LogP contribution in [0, 0.1) is 17.8 Å². The number of carboxylic acid groups (broad SMARTS) is 1. The number of carbonyl (C=O) groups is 2. The minimum absolute atomic E-state index is 0.0864. The van der Waals surface area contributed by atoms with Gasteiger partial charge >= 0.3 is 5.97 Å². The molecule has 2 heterocycles. The molecule has 2 unspecified atom stereocenters. The summed E-state index contributed by atoms with van der Waals surface area (Å²) >= 11 is 0. The van der Waals surface area contributed by atoms with Crippen LogP contribution < -0.4 is 0 Å². The van der Waals surface area contributed by atoms with Crippen LogP contribution in [0.2, 0.25) is 0 Å². The van der Waals surface area contributed by atoms with Gasteiger partial charge in [0.05, 0.1) is 11.0 Å². The van der Waals surface area contributed by atoms with Gasteiger partial charge in [0.25, 0.3) is 0 Å². The number of imidazole rings is 1. The highest BCUT2D eigenvalue weighted by Crippen LogP contribution is 2.33. The summed E-state index contributed by atoms with van der Waals surface area (Å²) in [7, 11) is 0. The van der Waals surface area contributed by atoms with Crippen LogP contribution in [0.15, 0.2) is 24.3 Å². The number of hydrogen-bond acceptors (Lipinski definition) is 3. The number of aromatic amines is 1. The zero-order chi connectivity index (χ0) is 18.8. The number of carbonyl (C=O) groups excluding carboxylic acids is 1. The highest BCUT2D eigenvalue weighted by Gasteiger charge is 2.36. The van der Waals surface area contributed by atoms with Crippen molar-refractivity contribution in [1.82, 2.24) is 14.9 Å². The third kappa shape index (κ3) is 3.99. The summed E-state index contributed by atoms with van der Waals surface area (Å²) in [5.41, 5.74) is 1.92. The van der Waals surface area contributed by atoms with E-state index in [4.69, 9.17) is 0 Å². The summed E-state index contributed by atoms with van der Waals surface area (Å²) in [5.74, 6) is 0.782. The van der Waals surface area contributed by atoms with E-state index in [1.165, 1.54) is 0 Å². The van der Waals surface area contributed by atoms with Crippen molar-refractivity contribution in [1.29, 1.82) is 0 Å². The minimum atomic E-state index is -0.759. The van der Waals surface area contributed by atoms with E-state index in [-0.39, 0.29) is 30.1 Å². The lowest BCUT2D eigenvalue weighted by Gasteiger charge is -2.39. The normalized spacial score (nSPS) is 23.8. The number of benzene rings is 1. The molecule has 2 N–H and O–H groups in total. The molecule has 0 spiro atoms. The van der Waals surface area contributed by atoms with Crippen LogP contribution in [0.4, 0.5) is 0 Å². The second kappa shape index (κ2) is 7.71. The van der Waals surface area contributed by atoms with Gasteiger partial charge in [0.15, 0.2) is 0 Å². The highest BCUT2D eigenvalue weighted by atomic mass is 16.4. The predicted octanol–water partition coefficient (Wildman–Crippen LogP) is 3.24. The van der Waals surface area contributed by atoms with Crippen molar-refractivity contribution in [3.8, 4) is 0 Å². The van der Waals surface area contributed by atoms with E-state index in [0.717, 1.165) is 49.0 Å². The molecule has 6 heteroatoms. The third-order valence-electron chi connectivity index (χ3n) is 6.24. The summed E-state index contributed by atoms with van der Waals surface area (Å²) in [6.07, 6.45) is 5.90. The second-order valence-corrected chi connectivity index (χ2v) is 8.08. The molecule has 27 heavy (non-hydrogen) atoms. The topological polar surface area (TPSA) is 86.3 Å². The Bertz CT molecular complexity index is 792. The SMILES string of the molecule is O=C(O)CC1CCN(C(=O)C2CCCC2)CC1Cc1nc2ccccc2[nH]1. The first-order valence-corrected chi connectivity index (χ1v) is 10.0. The van der Waals surface area contributed by atoms with Crippen molar-refractivity contribution < 1.29 is 14.7 Å². The van der Waals surface area contributed by atoms with Gasteiger partial charge in [0, 0.05) is 31.8 Å². The van der Waals surface area contributed by atoms with Crippen LogP contribution in [0.25, 0.3) is 11.0 Å². The van der Waals surface area contributed by atoms with E-state index in [2.05, 4.69) is 9.97 Å². The van der Waals surface area contributed by atoms with Crippen molar-refractivity contribution in [3.63, 3.8) is 0 Å². The quantitative estimate of drug-likeness (QED) is 0.847. The first-order valence-electron chi connectivity index (χ1n) is 10.0. The predicted molar refractivity (Wildman–Crippen MR) is 102 cm³/mol. The van der Waals surface area contributed by atoms with E-state index in [1.54, 1.807) is 0 Å². The second-order valence-electron chi connectivity index (χ2n) is 8.08. The van der Waals surface area contributed by atoms with Crippen LogP contribution in [0.5, 0.6) is 0 Å².